The Morgan fingerprint density at radius 2 is 2.24 bits per heavy atom. The first-order valence-electron chi connectivity index (χ1n) is 10.9. The lowest BCUT2D eigenvalue weighted by molar-refractivity contribution is -0.134. The Hall–Kier alpha value is -3.80. The molecular formula is C22H22FN5O6. The van der Waals surface area contributed by atoms with Gasteiger partial charge in [-0.15, -0.1) is 0 Å². The predicted molar refractivity (Wildman–Crippen MR) is 115 cm³/mol. The van der Waals surface area contributed by atoms with Gasteiger partial charge in [0.15, 0.2) is 18.2 Å². The van der Waals surface area contributed by atoms with E-state index in [-0.39, 0.29) is 54.9 Å². The Morgan fingerprint density at radius 1 is 1.35 bits per heavy atom. The van der Waals surface area contributed by atoms with E-state index in [4.69, 9.17) is 14.2 Å². The highest BCUT2D eigenvalue weighted by atomic mass is 19.1. The minimum Gasteiger partial charge on any atom is -0.465 e. The number of ether oxygens (including phenoxy) is 3. The third-order valence-electron chi connectivity index (χ3n) is 6.02. The lowest BCUT2D eigenvalue weighted by Gasteiger charge is -2.21. The Balaban J connectivity index is 1.18. The molecular weight excluding hydrogens is 449 g/mol. The molecule has 0 radical (unpaired) electrons. The summed E-state index contributed by atoms with van der Waals surface area (Å²) in [5.74, 6) is -0.0711. The number of hydrogen-bond acceptors (Lipinski definition) is 9. The number of amides is 2. The van der Waals surface area contributed by atoms with Crippen molar-refractivity contribution in [1.29, 1.82) is 0 Å². The Morgan fingerprint density at radius 3 is 3.06 bits per heavy atom. The van der Waals surface area contributed by atoms with Crippen LogP contribution in [0.3, 0.4) is 0 Å². The summed E-state index contributed by atoms with van der Waals surface area (Å²) in [5.41, 5.74) is 1.68. The molecule has 3 heterocycles. The molecule has 1 aliphatic carbocycles. The van der Waals surface area contributed by atoms with Crippen molar-refractivity contribution in [2.75, 3.05) is 29.9 Å². The second-order valence-corrected chi connectivity index (χ2v) is 8.32. The molecule has 5 rings (SSSR count). The number of hydrogen-bond donors (Lipinski definition) is 2. The molecule has 2 aliphatic heterocycles. The fourth-order valence-corrected chi connectivity index (χ4v) is 4.43. The van der Waals surface area contributed by atoms with Crippen molar-refractivity contribution in [1.82, 2.24) is 15.3 Å². The van der Waals surface area contributed by atoms with Gasteiger partial charge in [-0.05, 0) is 30.0 Å². The minimum absolute atomic E-state index is 0.0236. The van der Waals surface area contributed by atoms with Crippen LogP contribution in [0.15, 0.2) is 24.4 Å². The Bertz CT molecular complexity index is 1130. The lowest BCUT2D eigenvalue weighted by Crippen LogP contribution is -2.39. The number of rotatable bonds is 8. The number of nitrogens with zero attached hydrogens (tertiary/aromatic N) is 3. The van der Waals surface area contributed by atoms with Crippen LogP contribution < -0.4 is 20.3 Å². The fourth-order valence-electron chi connectivity index (χ4n) is 4.43. The van der Waals surface area contributed by atoms with Crippen LogP contribution >= 0.6 is 0 Å². The largest absolute Gasteiger partial charge is 0.465 e. The molecule has 3 atom stereocenters. The molecule has 34 heavy (non-hydrogen) atoms. The maximum atomic E-state index is 14.0. The summed E-state index contributed by atoms with van der Waals surface area (Å²) in [4.78, 5) is 44.6. The highest BCUT2D eigenvalue weighted by molar-refractivity contribution is 5.94. The fraction of sp³-hybridized carbons (Fsp3) is 0.409. The summed E-state index contributed by atoms with van der Waals surface area (Å²) in [5, 5.41) is 5.87. The van der Waals surface area contributed by atoms with Crippen LogP contribution in [0.4, 0.5) is 20.8 Å². The Labute approximate surface area is 193 Å². The van der Waals surface area contributed by atoms with Crippen molar-refractivity contribution in [3.63, 3.8) is 0 Å². The van der Waals surface area contributed by atoms with Gasteiger partial charge in [0.05, 0.1) is 12.7 Å². The van der Waals surface area contributed by atoms with Crippen LogP contribution in [-0.2, 0) is 31.9 Å². The quantitative estimate of drug-likeness (QED) is 0.540. The van der Waals surface area contributed by atoms with E-state index in [9.17, 15) is 18.8 Å². The van der Waals surface area contributed by atoms with Gasteiger partial charge in [0, 0.05) is 19.0 Å². The molecule has 3 aliphatic rings. The second-order valence-electron chi connectivity index (χ2n) is 8.32. The van der Waals surface area contributed by atoms with Crippen LogP contribution in [0.2, 0.25) is 0 Å². The molecule has 11 nitrogen and oxygen atoms in total. The highest BCUT2D eigenvalue weighted by Crippen LogP contribution is 2.29. The number of carbonyl (C=O) groups excluding carboxylic acids is 3. The van der Waals surface area contributed by atoms with Crippen LogP contribution in [0, 0.1) is 5.82 Å². The van der Waals surface area contributed by atoms with E-state index >= 15 is 0 Å². The van der Waals surface area contributed by atoms with E-state index in [1.54, 1.807) is 6.07 Å². The summed E-state index contributed by atoms with van der Waals surface area (Å²) in [6, 6.07) is 5.08. The highest BCUT2D eigenvalue weighted by Gasteiger charge is 2.36. The molecule has 2 N–H and O–H groups in total. The van der Waals surface area contributed by atoms with Gasteiger partial charge in [-0.2, -0.15) is 0 Å². The average molecular weight is 471 g/mol. The first-order valence-corrected chi connectivity index (χ1v) is 10.9. The molecule has 0 spiro atoms. The van der Waals surface area contributed by atoms with E-state index < -0.39 is 18.3 Å². The maximum absolute atomic E-state index is 14.0. The SMILES string of the molecule is O=COC(CNC1Cc2cccc(F)c2C1)CC1CN(c2cnc3c(n2)NC(=O)CO3)C(=O)O1. The summed E-state index contributed by atoms with van der Waals surface area (Å²) >= 11 is 0. The molecule has 12 heteroatoms. The van der Waals surface area contributed by atoms with Crippen molar-refractivity contribution in [2.24, 2.45) is 0 Å². The third-order valence-corrected chi connectivity index (χ3v) is 6.02. The van der Waals surface area contributed by atoms with Crippen molar-refractivity contribution >= 4 is 30.1 Å². The molecule has 178 valence electrons. The van der Waals surface area contributed by atoms with Gasteiger partial charge in [0.25, 0.3) is 18.3 Å². The number of fused-ring (bicyclic) bond motifs is 2. The van der Waals surface area contributed by atoms with E-state index in [1.807, 2.05) is 6.07 Å². The molecule has 2 aromatic rings. The lowest BCUT2D eigenvalue weighted by atomic mass is 10.1. The van der Waals surface area contributed by atoms with E-state index in [0.717, 1.165) is 5.56 Å². The minimum atomic E-state index is -0.623. The van der Waals surface area contributed by atoms with Crippen LogP contribution in [0.1, 0.15) is 17.5 Å². The van der Waals surface area contributed by atoms with Gasteiger partial charge in [-0.3, -0.25) is 14.5 Å². The zero-order chi connectivity index (χ0) is 23.7. The molecule has 1 fully saturated rings. The Kier molecular flexibility index (Phi) is 5.97. The predicted octanol–water partition coefficient (Wildman–Crippen LogP) is 0.960. The first-order chi connectivity index (χ1) is 16.5. The zero-order valence-corrected chi connectivity index (χ0v) is 18.0. The number of carbonyl (C=O) groups is 3. The molecule has 1 aromatic heterocycles. The van der Waals surface area contributed by atoms with Crippen molar-refractivity contribution in [3.8, 4) is 5.88 Å². The zero-order valence-electron chi connectivity index (χ0n) is 18.0. The van der Waals surface area contributed by atoms with Crippen LogP contribution in [0.25, 0.3) is 0 Å². The van der Waals surface area contributed by atoms with E-state index in [1.165, 1.54) is 17.2 Å². The number of anilines is 2. The molecule has 0 saturated carbocycles. The summed E-state index contributed by atoms with van der Waals surface area (Å²) < 4.78 is 29.8. The van der Waals surface area contributed by atoms with E-state index in [2.05, 4.69) is 20.6 Å². The first kappa shape index (κ1) is 22.0. The number of aromatic nitrogens is 2. The van der Waals surface area contributed by atoms with Gasteiger partial charge in [-0.1, -0.05) is 12.1 Å². The summed E-state index contributed by atoms with van der Waals surface area (Å²) in [7, 11) is 0. The number of halogens is 1. The summed E-state index contributed by atoms with van der Waals surface area (Å²) in [6.45, 7) is 0.708. The van der Waals surface area contributed by atoms with Crippen molar-refractivity contribution in [3.05, 3.63) is 41.3 Å². The van der Waals surface area contributed by atoms with E-state index in [0.29, 0.717) is 31.4 Å². The third kappa shape index (κ3) is 4.49. The van der Waals surface area contributed by atoms with Crippen LogP contribution in [0.5, 0.6) is 5.88 Å². The molecule has 1 aromatic carbocycles. The number of cyclic esters (lactones) is 1. The van der Waals surface area contributed by atoms with Gasteiger partial charge < -0.3 is 24.8 Å². The van der Waals surface area contributed by atoms with Crippen molar-refractivity contribution < 1.29 is 33.0 Å². The second kappa shape index (κ2) is 9.21. The van der Waals surface area contributed by atoms with Crippen molar-refractivity contribution in [2.45, 2.75) is 37.5 Å². The van der Waals surface area contributed by atoms with Gasteiger partial charge in [-0.25, -0.2) is 19.2 Å². The molecule has 1 saturated heterocycles. The van der Waals surface area contributed by atoms with Crippen LogP contribution in [-0.4, -0.2) is 66.4 Å². The number of benzene rings is 1. The normalized spacial score (nSPS) is 21.7. The standard InChI is InChI=1S/C22H22FN5O6/c23-17-3-1-2-12-4-13(5-16(12)17)24-7-14(33-11-29)6-15-9-28(22(31)34-15)18-8-25-21-20(26-18)27-19(30)10-32-21/h1-3,8,11,13-15,24H,4-7,9-10H2,(H,26,27,30). The monoisotopic (exact) mass is 471 g/mol. The number of nitrogens with one attached hydrogen (secondary N) is 2. The van der Waals surface area contributed by atoms with Gasteiger partial charge in [0.1, 0.15) is 18.0 Å². The topological polar surface area (TPSA) is 132 Å². The summed E-state index contributed by atoms with van der Waals surface area (Å²) in [6.07, 6.45) is 1.14. The molecule has 2 amide bonds. The molecule has 0 bridgehead atoms. The average Bonchev–Trinajstić information content (AvgIpc) is 3.41. The molecule has 3 unspecified atom stereocenters. The maximum Gasteiger partial charge on any atom is 0.415 e. The van der Waals surface area contributed by atoms with Gasteiger partial charge >= 0.3 is 6.09 Å². The van der Waals surface area contributed by atoms with Gasteiger partial charge in [0.2, 0.25) is 0 Å². The smallest absolute Gasteiger partial charge is 0.415 e.